The summed E-state index contributed by atoms with van der Waals surface area (Å²) >= 11 is 36.1. The van der Waals surface area contributed by atoms with E-state index < -0.39 is 0 Å². The van der Waals surface area contributed by atoms with Crippen LogP contribution in [-0.2, 0) is 44.9 Å². The van der Waals surface area contributed by atoms with Gasteiger partial charge in [-0.15, -0.1) is 0 Å². The van der Waals surface area contributed by atoms with Gasteiger partial charge in [-0.1, -0.05) is 124 Å². The molecule has 0 fully saturated rings. The van der Waals surface area contributed by atoms with Crippen LogP contribution in [0.3, 0.4) is 0 Å². The van der Waals surface area contributed by atoms with Crippen LogP contribution in [0.2, 0.25) is 30.1 Å². The first kappa shape index (κ1) is 97.4. The lowest BCUT2D eigenvalue weighted by atomic mass is 10.0. The Hall–Kier alpha value is -13.1. The number of nitrogen functional groups attached to an aromatic ring is 7. The highest BCUT2D eigenvalue weighted by molar-refractivity contribution is 6.35. The van der Waals surface area contributed by atoms with Crippen molar-refractivity contribution in [3.8, 4) is 96.7 Å². The van der Waals surface area contributed by atoms with Crippen LogP contribution in [0.1, 0.15) is 122 Å². The van der Waals surface area contributed by atoms with E-state index in [0.29, 0.717) is 133 Å². The second-order valence-corrected chi connectivity index (χ2v) is 29.9. The molecule has 0 amide bonds. The molecule has 0 bridgehead atoms. The molecule has 7 heterocycles. The van der Waals surface area contributed by atoms with Crippen molar-refractivity contribution in [2.45, 2.75) is 121 Å². The highest BCUT2D eigenvalue weighted by Gasteiger charge is 2.19. The zero-order chi connectivity index (χ0) is 91.6. The third kappa shape index (κ3) is 27.5. The molecule has 0 aliphatic heterocycles. The fourth-order valence-corrected chi connectivity index (χ4v) is 13.0. The van der Waals surface area contributed by atoms with Crippen molar-refractivity contribution in [1.82, 2.24) is 69.8 Å². The maximum atomic E-state index is 13.9. The standard InChI is InChI=1S/C14H14N4O.C14H14N4.3C13H13ClFN3.C12H11Cl2N3.C12H11ClFN3/c1-3-10-7-12(18-14(16)17-10)11-6-9(8-15)4-5-13(11)19-2;1-3-11-7-13(18-14(16)17-11)12-6-10(8-15)5-4-9(12)2;1-3-8-5-12(18-13(16)17-8)9-6-10(14)7(2)4-11(9)15;1-3-8-5-12(18-13(16)17-8)9-6-11(15)7(2)4-10(9)14;1-3-8-5-12(18-13(16)17-8)9-4-7(2)11(15)6-10(9)14;2*1-2-8-6-11(17-12(15)16-8)9-5-7(13)3-4-10(9)14/h4-7H,3H2,1-2H3,(H2,16,17,18);4-7H,3H2,1-2H3,(H2,16,17,18);3*4-6H,3H2,1-2H3,(H2,16,17,18);2*3-6H,2H2,1H3,(H2,15,16,17). The average Bonchev–Trinajstić information content (AvgIpc) is 0.715. The normalized spacial score (nSPS) is 10.4. The molecule has 0 saturated heterocycles. The minimum absolute atomic E-state index is 0.138. The molecule has 14 rings (SSSR count). The molecule has 14 N–H and O–H groups in total. The van der Waals surface area contributed by atoms with Crippen LogP contribution in [0.5, 0.6) is 5.75 Å². The molecule has 7 aromatic carbocycles. The summed E-state index contributed by atoms with van der Waals surface area (Å²) in [7, 11) is 1.58. The Morgan fingerprint density at radius 2 is 0.584 bits per heavy atom. The maximum absolute atomic E-state index is 13.9. The maximum Gasteiger partial charge on any atom is 0.220 e. The molecule has 0 atom stereocenters. The van der Waals surface area contributed by atoms with E-state index in [4.69, 9.17) is 125 Å². The third-order valence-corrected chi connectivity index (χ3v) is 20.2. The van der Waals surface area contributed by atoms with Gasteiger partial charge in [0.15, 0.2) is 0 Å². The molecule has 0 aliphatic carbocycles. The minimum Gasteiger partial charge on any atom is -0.496 e. The highest BCUT2D eigenvalue weighted by atomic mass is 35.5. The number of rotatable bonds is 15. The number of hydrogen-bond acceptors (Lipinski definition) is 24. The van der Waals surface area contributed by atoms with E-state index in [0.717, 1.165) is 99.9 Å². The molecular formula is C91H89Cl6F4N23O. The number of methoxy groups -OCH3 is 1. The van der Waals surface area contributed by atoms with E-state index in [-0.39, 0.29) is 64.9 Å². The summed E-state index contributed by atoms with van der Waals surface area (Å²) in [6.45, 7) is 20.9. The number of anilines is 7. The Bertz CT molecular complexity index is 5940. The average molecular weight is 1810 g/mol. The number of benzene rings is 7. The molecule has 34 heteroatoms. The first-order valence-electron chi connectivity index (χ1n) is 38.9. The van der Waals surface area contributed by atoms with E-state index in [2.05, 4.69) is 81.9 Å². The molecule has 7 aromatic heterocycles. The minimum atomic E-state index is -0.380. The Kier molecular flexibility index (Phi) is 35.8. The Morgan fingerprint density at radius 1 is 0.272 bits per heavy atom. The Morgan fingerprint density at radius 3 is 0.976 bits per heavy atom. The predicted molar refractivity (Wildman–Crippen MR) is 494 cm³/mol. The van der Waals surface area contributed by atoms with Gasteiger partial charge in [-0.2, -0.15) is 10.5 Å². The lowest BCUT2D eigenvalue weighted by Crippen LogP contribution is -2.01. The zero-order valence-corrected chi connectivity index (χ0v) is 74.8. The number of aryl methyl sites for hydroxylation is 11. The van der Waals surface area contributed by atoms with Crippen LogP contribution < -0.4 is 44.9 Å². The van der Waals surface area contributed by atoms with Gasteiger partial charge >= 0.3 is 0 Å². The van der Waals surface area contributed by atoms with Crippen molar-refractivity contribution < 1.29 is 22.3 Å². The summed E-state index contributed by atoms with van der Waals surface area (Å²) in [5, 5.41) is 20.9. The van der Waals surface area contributed by atoms with Gasteiger partial charge in [0, 0.05) is 93.9 Å². The Labute approximate surface area is 752 Å². The molecule has 14 aromatic rings. The van der Waals surface area contributed by atoms with Crippen molar-refractivity contribution in [2.24, 2.45) is 0 Å². The van der Waals surface area contributed by atoms with Crippen molar-refractivity contribution in [1.29, 1.82) is 10.5 Å². The second-order valence-electron chi connectivity index (χ2n) is 27.4. The quantitative estimate of drug-likeness (QED) is 0.0469. The van der Waals surface area contributed by atoms with E-state index in [1.165, 1.54) is 36.4 Å². The van der Waals surface area contributed by atoms with Crippen LogP contribution in [-0.4, -0.2) is 76.9 Å². The summed E-state index contributed by atoms with van der Waals surface area (Å²) in [6.07, 6.45) is 5.25. The lowest BCUT2D eigenvalue weighted by molar-refractivity contribution is 0.416. The largest absolute Gasteiger partial charge is 0.496 e. The molecule has 0 aliphatic rings. The van der Waals surface area contributed by atoms with Crippen LogP contribution in [0.25, 0.3) is 78.8 Å². The molecule has 0 radical (unpaired) electrons. The van der Waals surface area contributed by atoms with Gasteiger partial charge in [0.1, 0.15) is 29.0 Å². The van der Waals surface area contributed by atoms with Gasteiger partial charge < -0.3 is 44.9 Å². The molecule has 0 saturated carbocycles. The number of hydrogen-bond donors (Lipinski definition) is 7. The molecule has 24 nitrogen and oxygen atoms in total. The van der Waals surface area contributed by atoms with Crippen molar-refractivity contribution in [3.63, 3.8) is 0 Å². The predicted octanol–water partition coefficient (Wildman–Crippen LogP) is 21.5. The topological polar surface area (TPSA) is 419 Å². The Balaban J connectivity index is 0.000000181. The summed E-state index contributed by atoms with van der Waals surface area (Å²) in [5.41, 5.74) is 57.8. The van der Waals surface area contributed by atoms with Crippen LogP contribution in [0.4, 0.5) is 59.2 Å². The first-order valence-corrected chi connectivity index (χ1v) is 41.1. The van der Waals surface area contributed by atoms with Crippen LogP contribution in [0.15, 0.2) is 152 Å². The first-order chi connectivity index (χ1) is 59.5. The summed E-state index contributed by atoms with van der Waals surface area (Å²) in [5.74, 6) is 0.639. The fraction of sp³-hybridized carbons (Fsp3) is 0.209. The monoisotopic (exact) mass is 1810 g/mol. The molecule has 644 valence electrons. The number of halogens is 10. The molecule has 0 unspecified atom stereocenters. The molecule has 0 spiro atoms. The van der Waals surface area contributed by atoms with Crippen molar-refractivity contribution in [3.05, 3.63) is 278 Å². The molecule has 125 heavy (non-hydrogen) atoms. The SMILES string of the molecule is CCc1cc(-c2cc(C#N)ccc2C)nc(N)n1.CCc1cc(-c2cc(C#N)ccc2OC)nc(N)n1.CCc1cc(-c2cc(C)c(F)cc2Cl)nc(N)n1.CCc1cc(-c2cc(Cl)c(C)cc2F)nc(N)n1.CCc1cc(-c2cc(Cl)ccc2Cl)nc(N)n1.CCc1cc(-c2cc(Cl)ccc2F)nc(N)n1.CCc1cc(-c2cc(F)c(C)cc2Cl)nc(N)n1. The van der Waals surface area contributed by atoms with Crippen LogP contribution in [0, 0.1) is 73.6 Å². The summed E-state index contributed by atoms with van der Waals surface area (Å²) in [4.78, 5) is 57.6. The van der Waals surface area contributed by atoms with Crippen molar-refractivity contribution >= 4 is 111 Å². The lowest BCUT2D eigenvalue weighted by Gasteiger charge is -2.09. The fourth-order valence-electron chi connectivity index (χ4n) is 11.7. The summed E-state index contributed by atoms with van der Waals surface area (Å²) < 4.78 is 59.8. The van der Waals surface area contributed by atoms with Gasteiger partial charge in [-0.05, 0) is 240 Å². The van der Waals surface area contributed by atoms with Gasteiger partial charge in [-0.3, -0.25) is 0 Å². The zero-order valence-electron chi connectivity index (χ0n) is 70.3. The number of ether oxygens (including phenoxy) is 1. The van der Waals surface area contributed by atoms with E-state index in [9.17, 15) is 17.6 Å². The van der Waals surface area contributed by atoms with Gasteiger partial charge in [0.2, 0.25) is 41.6 Å². The van der Waals surface area contributed by atoms with E-state index in [1.54, 1.807) is 107 Å². The van der Waals surface area contributed by atoms with E-state index in [1.807, 2.05) is 91.8 Å². The van der Waals surface area contributed by atoms with Crippen molar-refractivity contribution in [2.75, 3.05) is 47.2 Å². The number of nitrogens with two attached hydrogens (primary N) is 7. The van der Waals surface area contributed by atoms with E-state index >= 15 is 0 Å². The molecular weight excluding hydrogens is 1720 g/mol. The smallest absolute Gasteiger partial charge is 0.220 e. The van der Waals surface area contributed by atoms with Gasteiger partial charge in [0.25, 0.3) is 0 Å². The number of aromatic nitrogens is 14. The van der Waals surface area contributed by atoms with Gasteiger partial charge in [-0.25, -0.2) is 87.3 Å². The number of nitrogens with zero attached hydrogens (tertiary/aromatic N) is 16. The highest BCUT2D eigenvalue weighted by Crippen LogP contribution is 2.36. The number of nitriles is 2. The second kappa shape index (κ2) is 45.9. The third-order valence-electron chi connectivity index (χ3n) is 18.3. The van der Waals surface area contributed by atoms with Gasteiger partial charge in [0.05, 0.1) is 85.3 Å². The summed E-state index contributed by atoms with van der Waals surface area (Å²) in [6, 6.07) is 46.1. The van der Waals surface area contributed by atoms with Crippen LogP contribution >= 0.6 is 69.6 Å².